The van der Waals surface area contributed by atoms with Crippen molar-refractivity contribution in [2.24, 2.45) is 0 Å². The predicted octanol–water partition coefficient (Wildman–Crippen LogP) is 0.722. The van der Waals surface area contributed by atoms with Gasteiger partial charge in [0, 0.05) is 0 Å². The lowest BCUT2D eigenvalue weighted by atomic mass is 16.0. The SMILES string of the molecule is Cl.Cl.O=[PH3].O=[PH3]. The topological polar surface area (TPSA) is 34.1 Å². The molecule has 2 atom stereocenters. The summed E-state index contributed by atoms with van der Waals surface area (Å²) in [6.45, 7) is 0. The molecule has 0 aliphatic heterocycles. The molecular weight excluding hydrogens is 165 g/mol. The molecule has 0 rings (SSSR count). The summed E-state index contributed by atoms with van der Waals surface area (Å²) in [4.78, 5) is 0. The molecule has 44 valence electrons. The van der Waals surface area contributed by atoms with E-state index >= 15 is 0 Å². The highest BCUT2D eigenvalue weighted by Crippen LogP contribution is 1.23. The van der Waals surface area contributed by atoms with Crippen LogP contribution in [0, 0.1) is 0 Å². The fraction of sp³-hybridized carbons (Fsp3) is 0. The second kappa shape index (κ2) is 142. The minimum absolute atomic E-state index is 0. The minimum atomic E-state index is 0. The van der Waals surface area contributed by atoms with Crippen molar-refractivity contribution in [2.75, 3.05) is 0 Å². The first-order valence-corrected chi connectivity index (χ1v) is 1.73. The molecule has 0 bridgehead atoms. The summed E-state index contributed by atoms with van der Waals surface area (Å²) < 4.78 is 16.6. The Morgan fingerprint density at radius 2 is 0.667 bits per heavy atom. The Kier molecular flexibility index (Phi) is 657. The van der Waals surface area contributed by atoms with E-state index in [4.69, 9.17) is 9.13 Å². The summed E-state index contributed by atoms with van der Waals surface area (Å²) in [5.41, 5.74) is 0. The fourth-order valence-corrected chi connectivity index (χ4v) is 0. The van der Waals surface area contributed by atoms with Crippen LogP contribution < -0.4 is 0 Å². The molecule has 0 saturated carbocycles. The van der Waals surface area contributed by atoms with E-state index in [1.165, 1.54) is 0 Å². The molecule has 0 aliphatic carbocycles. The maximum Gasteiger partial charge on any atom is 0.0527 e. The standard InChI is InChI=1S/2ClH.2H3OP/c;;2*1-2/h2*1H;2*2H3. The van der Waals surface area contributed by atoms with Gasteiger partial charge in [-0.05, 0) is 0 Å². The second-order valence-corrected chi connectivity index (χ2v) is 0. The third kappa shape index (κ3) is 76.1. The molecule has 2 unspecified atom stereocenters. The average Bonchev–Trinajstić information content (AvgIpc) is 1.50. The van der Waals surface area contributed by atoms with Crippen molar-refractivity contribution in [1.29, 1.82) is 0 Å². The molecule has 0 fully saturated rings. The number of rotatable bonds is 0. The Labute approximate surface area is 52.8 Å². The largest absolute Gasteiger partial charge is 0.333 e. The van der Waals surface area contributed by atoms with Gasteiger partial charge < -0.3 is 9.13 Å². The predicted molar refractivity (Wildman–Crippen MR) is 38.1 cm³/mol. The molecule has 0 aromatic heterocycles. The van der Waals surface area contributed by atoms with E-state index in [1.54, 1.807) is 0 Å². The van der Waals surface area contributed by atoms with Gasteiger partial charge in [-0.15, -0.1) is 24.8 Å². The first-order valence-electron chi connectivity index (χ1n) is 0.577. The Hall–Kier alpha value is 1.04. The molecule has 0 radical (unpaired) electrons. The van der Waals surface area contributed by atoms with Crippen LogP contribution in [0.2, 0.25) is 0 Å². The molecular formula is H8Cl2O2P2. The number of halogens is 2. The highest BCUT2D eigenvalue weighted by atomic mass is 35.5. The molecule has 0 amide bonds. The second-order valence-electron chi connectivity index (χ2n) is 0. The van der Waals surface area contributed by atoms with Crippen LogP contribution in [0.15, 0.2) is 0 Å². The zero-order chi connectivity index (χ0) is 4.00. The minimum Gasteiger partial charge on any atom is -0.333 e. The summed E-state index contributed by atoms with van der Waals surface area (Å²) in [7, 11) is 1.22. The zero-order valence-corrected chi connectivity index (χ0v) is 7.51. The maximum atomic E-state index is 8.28. The van der Waals surface area contributed by atoms with Crippen LogP contribution in [-0.2, 0) is 9.13 Å². The van der Waals surface area contributed by atoms with E-state index in [2.05, 4.69) is 0 Å². The van der Waals surface area contributed by atoms with Crippen molar-refractivity contribution in [3.63, 3.8) is 0 Å². The van der Waals surface area contributed by atoms with Gasteiger partial charge in [0.2, 0.25) is 0 Å². The summed E-state index contributed by atoms with van der Waals surface area (Å²) in [5.74, 6) is 0. The highest BCUT2D eigenvalue weighted by molar-refractivity contribution is 7.00. The van der Waals surface area contributed by atoms with Crippen molar-refractivity contribution >= 4 is 43.1 Å². The van der Waals surface area contributed by atoms with Gasteiger partial charge in [0.05, 0.1) is 18.2 Å². The van der Waals surface area contributed by atoms with Crippen molar-refractivity contribution in [3.05, 3.63) is 0 Å². The summed E-state index contributed by atoms with van der Waals surface area (Å²) >= 11 is 0. The van der Waals surface area contributed by atoms with Gasteiger partial charge in [-0.2, -0.15) is 0 Å². The molecule has 0 aromatic rings. The van der Waals surface area contributed by atoms with E-state index in [-0.39, 0.29) is 24.8 Å². The Morgan fingerprint density at radius 3 is 0.667 bits per heavy atom. The Morgan fingerprint density at radius 1 is 0.667 bits per heavy atom. The summed E-state index contributed by atoms with van der Waals surface area (Å²) in [6, 6.07) is 0. The smallest absolute Gasteiger partial charge is 0.0527 e. The van der Waals surface area contributed by atoms with Crippen molar-refractivity contribution in [2.45, 2.75) is 0 Å². The molecule has 6 heavy (non-hydrogen) atoms. The molecule has 0 N–H and O–H groups in total. The van der Waals surface area contributed by atoms with E-state index in [0.29, 0.717) is 18.2 Å². The average molecular weight is 173 g/mol. The molecule has 0 saturated heterocycles. The molecule has 0 heterocycles. The number of hydrogen-bond donors (Lipinski definition) is 0. The fourth-order valence-electron chi connectivity index (χ4n) is 0. The van der Waals surface area contributed by atoms with E-state index in [1.807, 2.05) is 0 Å². The van der Waals surface area contributed by atoms with Crippen LogP contribution in [0.5, 0.6) is 0 Å². The highest BCUT2D eigenvalue weighted by Gasteiger charge is 0.595. The van der Waals surface area contributed by atoms with Gasteiger partial charge >= 0.3 is 0 Å². The Bertz CT molecular complexity index is 11.5. The van der Waals surface area contributed by atoms with E-state index in [0.717, 1.165) is 0 Å². The monoisotopic (exact) mass is 172 g/mol. The first kappa shape index (κ1) is 27.8. The summed E-state index contributed by atoms with van der Waals surface area (Å²) in [6.07, 6.45) is 0. The van der Waals surface area contributed by atoms with Gasteiger partial charge in [0.25, 0.3) is 0 Å². The third-order valence-electron chi connectivity index (χ3n) is 0. The van der Waals surface area contributed by atoms with Crippen molar-refractivity contribution in [1.82, 2.24) is 0 Å². The molecule has 0 spiro atoms. The normalized spacial score (nSPS) is 2.67. The van der Waals surface area contributed by atoms with E-state index in [9.17, 15) is 0 Å². The van der Waals surface area contributed by atoms with Gasteiger partial charge in [0.1, 0.15) is 0 Å². The Balaban J connectivity index is -0.00000000500. The van der Waals surface area contributed by atoms with Crippen LogP contribution in [0.4, 0.5) is 0 Å². The van der Waals surface area contributed by atoms with Gasteiger partial charge in [0.15, 0.2) is 0 Å². The van der Waals surface area contributed by atoms with Crippen LogP contribution in [0.25, 0.3) is 0 Å². The van der Waals surface area contributed by atoms with Crippen molar-refractivity contribution < 1.29 is 9.13 Å². The van der Waals surface area contributed by atoms with E-state index < -0.39 is 0 Å². The van der Waals surface area contributed by atoms with Crippen LogP contribution in [-0.4, -0.2) is 0 Å². The van der Waals surface area contributed by atoms with Crippen LogP contribution in [0.1, 0.15) is 0 Å². The zero-order valence-electron chi connectivity index (χ0n) is 3.05. The third-order valence-corrected chi connectivity index (χ3v) is 0. The number of hydrogen-bond acceptors (Lipinski definition) is 2. The van der Waals surface area contributed by atoms with Crippen LogP contribution >= 0.6 is 43.1 Å². The van der Waals surface area contributed by atoms with Crippen molar-refractivity contribution in [3.8, 4) is 0 Å². The maximum absolute atomic E-state index is 8.28. The lowest BCUT2D eigenvalue weighted by Crippen LogP contribution is -0.489. The first-order chi connectivity index (χ1) is 2.00. The summed E-state index contributed by atoms with van der Waals surface area (Å²) in [5, 5.41) is 0. The molecule has 0 aromatic carbocycles. The van der Waals surface area contributed by atoms with Gasteiger partial charge in [-0.1, -0.05) is 0 Å². The lowest BCUT2D eigenvalue weighted by molar-refractivity contribution is 0.607. The lowest BCUT2D eigenvalue weighted by Gasteiger charge is -0.873. The molecule has 0 aliphatic rings. The molecule has 6 heteroatoms. The quantitative estimate of drug-likeness (QED) is 0.505. The van der Waals surface area contributed by atoms with Gasteiger partial charge in [-0.3, -0.25) is 0 Å². The van der Waals surface area contributed by atoms with Gasteiger partial charge in [-0.25, -0.2) is 0 Å². The molecule has 2 nitrogen and oxygen atoms in total. The van der Waals surface area contributed by atoms with Crippen LogP contribution in [0.3, 0.4) is 0 Å².